The summed E-state index contributed by atoms with van der Waals surface area (Å²) in [4.78, 5) is 3.38. The van der Waals surface area contributed by atoms with Gasteiger partial charge in [0.05, 0.1) is 12.3 Å². The summed E-state index contributed by atoms with van der Waals surface area (Å²) in [5.41, 5.74) is 3.23. The van der Waals surface area contributed by atoms with Gasteiger partial charge in [-0.25, -0.2) is 0 Å². The lowest BCUT2D eigenvalue weighted by Gasteiger charge is -2.01. The predicted molar refractivity (Wildman–Crippen MR) is 64.9 cm³/mol. The van der Waals surface area contributed by atoms with E-state index in [1.807, 2.05) is 12.1 Å². The molecule has 1 aromatic carbocycles. The number of oxazole rings is 1. The summed E-state index contributed by atoms with van der Waals surface area (Å²) in [6, 6.07) is 8.25. The fraction of sp³-hybridized carbons (Fsp3) is 0.250. The second-order valence-corrected chi connectivity index (χ2v) is 3.87. The number of ether oxygens (including phenoxy) is 1. The number of hydrogen-bond donors (Lipinski definition) is 1. The van der Waals surface area contributed by atoms with Crippen LogP contribution in [0.15, 0.2) is 34.9 Å². The molecule has 0 amide bonds. The van der Waals surface area contributed by atoms with Gasteiger partial charge in [-0.1, -0.05) is 24.3 Å². The van der Waals surface area contributed by atoms with Crippen LogP contribution in [0.1, 0.15) is 5.56 Å². The van der Waals surface area contributed by atoms with Crippen molar-refractivity contribution in [2.75, 3.05) is 13.7 Å². The number of H-pyrrole nitrogens is 1. The first-order valence-electron chi connectivity index (χ1n) is 5.05. The number of rotatable bonds is 4. The Morgan fingerprint density at radius 1 is 1.31 bits per heavy atom. The number of methoxy groups -OCH3 is 1. The summed E-state index contributed by atoms with van der Waals surface area (Å²) < 4.78 is 10.1. The van der Waals surface area contributed by atoms with Crippen LogP contribution in [0.5, 0.6) is 0 Å². The Bertz CT molecular complexity index is 498. The highest BCUT2D eigenvalue weighted by molar-refractivity contribution is 7.71. The first kappa shape index (κ1) is 11.1. The third kappa shape index (κ3) is 2.59. The van der Waals surface area contributed by atoms with Gasteiger partial charge in [0.2, 0.25) is 0 Å². The van der Waals surface area contributed by atoms with Crippen LogP contribution in [0.4, 0.5) is 0 Å². The Morgan fingerprint density at radius 3 is 2.62 bits per heavy atom. The molecule has 0 radical (unpaired) electrons. The second-order valence-electron chi connectivity index (χ2n) is 3.50. The number of hydrogen-bond acceptors (Lipinski definition) is 3. The predicted octanol–water partition coefficient (Wildman–Crippen LogP) is 3.19. The molecule has 2 aromatic rings. The van der Waals surface area contributed by atoms with E-state index >= 15 is 0 Å². The fourth-order valence-corrected chi connectivity index (χ4v) is 1.65. The van der Waals surface area contributed by atoms with Gasteiger partial charge in [-0.05, 0) is 24.2 Å². The first-order chi connectivity index (χ1) is 7.79. The molecule has 84 valence electrons. The monoisotopic (exact) mass is 235 g/mol. The summed E-state index contributed by atoms with van der Waals surface area (Å²) in [7, 11) is 1.71. The van der Waals surface area contributed by atoms with Crippen LogP contribution in [0.25, 0.3) is 11.3 Å². The van der Waals surface area contributed by atoms with Crippen molar-refractivity contribution in [1.82, 2.24) is 4.98 Å². The quantitative estimate of drug-likeness (QED) is 0.827. The van der Waals surface area contributed by atoms with Crippen LogP contribution in [0.3, 0.4) is 0 Å². The van der Waals surface area contributed by atoms with Crippen molar-refractivity contribution in [2.24, 2.45) is 0 Å². The van der Waals surface area contributed by atoms with E-state index in [2.05, 4.69) is 17.1 Å². The average Bonchev–Trinajstić information content (AvgIpc) is 2.74. The van der Waals surface area contributed by atoms with E-state index in [9.17, 15) is 0 Å². The molecule has 0 bridgehead atoms. The molecular weight excluding hydrogens is 222 g/mol. The van der Waals surface area contributed by atoms with Crippen molar-refractivity contribution in [1.29, 1.82) is 0 Å². The molecule has 0 aliphatic heterocycles. The van der Waals surface area contributed by atoms with Gasteiger partial charge in [0.25, 0.3) is 4.84 Å². The minimum Gasteiger partial charge on any atom is -0.437 e. The number of aromatic nitrogens is 1. The maximum Gasteiger partial charge on any atom is 0.266 e. The minimum absolute atomic E-state index is 0.401. The van der Waals surface area contributed by atoms with E-state index in [0.717, 1.165) is 24.3 Å². The van der Waals surface area contributed by atoms with E-state index in [-0.39, 0.29) is 0 Å². The van der Waals surface area contributed by atoms with Crippen molar-refractivity contribution in [3.8, 4) is 11.3 Å². The van der Waals surface area contributed by atoms with Crippen molar-refractivity contribution < 1.29 is 9.15 Å². The van der Waals surface area contributed by atoms with E-state index in [1.54, 1.807) is 13.4 Å². The lowest BCUT2D eigenvalue weighted by Crippen LogP contribution is -1.93. The largest absolute Gasteiger partial charge is 0.437 e. The van der Waals surface area contributed by atoms with Crippen molar-refractivity contribution >= 4 is 12.2 Å². The van der Waals surface area contributed by atoms with Gasteiger partial charge in [-0.2, -0.15) is 0 Å². The summed E-state index contributed by atoms with van der Waals surface area (Å²) >= 11 is 4.88. The molecule has 0 saturated heterocycles. The van der Waals surface area contributed by atoms with Crippen molar-refractivity contribution in [3.05, 3.63) is 40.9 Å². The van der Waals surface area contributed by atoms with Crippen LogP contribution in [-0.4, -0.2) is 18.7 Å². The highest BCUT2D eigenvalue weighted by Gasteiger charge is 2.00. The van der Waals surface area contributed by atoms with E-state index in [4.69, 9.17) is 21.4 Å². The van der Waals surface area contributed by atoms with Crippen LogP contribution in [-0.2, 0) is 11.2 Å². The molecule has 4 heteroatoms. The third-order valence-electron chi connectivity index (χ3n) is 2.38. The Morgan fingerprint density at radius 2 is 2.06 bits per heavy atom. The lowest BCUT2D eigenvalue weighted by molar-refractivity contribution is 0.202. The zero-order valence-electron chi connectivity index (χ0n) is 9.03. The van der Waals surface area contributed by atoms with Gasteiger partial charge in [-0.3, -0.25) is 0 Å². The first-order valence-corrected chi connectivity index (χ1v) is 5.46. The Balaban J connectivity index is 2.16. The zero-order valence-corrected chi connectivity index (χ0v) is 9.84. The molecule has 2 rings (SSSR count). The highest BCUT2D eigenvalue weighted by atomic mass is 32.1. The number of nitrogens with one attached hydrogen (secondary N) is 1. The molecular formula is C12H13NO2S. The molecule has 3 nitrogen and oxygen atoms in total. The van der Waals surface area contributed by atoms with Gasteiger partial charge in [0.1, 0.15) is 6.26 Å². The summed E-state index contributed by atoms with van der Waals surface area (Å²) in [6.45, 7) is 0.744. The van der Waals surface area contributed by atoms with Crippen molar-refractivity contribution in [3.63, 3.8) is 0 Å². The molecule has 0 aliphatic rings. The van der Waals surface area contributed by atoms with Gasteiger partial charge in [0, 0.05) is 12.7 Å². The van der Waals surface area contributed by atoms with Crippen LogP contribution >= 0.6 is 12.2 Å². The van der Waals surface area contributed by atoms with E-state index < -0.39 is 0 Å². The summed E-state index contributed by atoms with van der Waals surface area (Å²) in [6.07, 6.45) is 2.56. The van der Waals surface area contributed by atoms with Gasteiger partial charge in [0.15, 0.2) is 0 Å². The maximum atomic E-state index is 5.05. The highest BCUT2D eigenvalue weighted by Crippen LogP contribution is 2.18. The number of benzene rings is 1. The fourth-order valence-electron chi connectivity index (χ4n) is 1.49. The molecule has 0 unspecified atom stereocenters. The summed E-state index contributed by atoms with van der Waals surface area (Å²) in [5, 5.41) is 0. The topological polar surface area (TPSA) is 38.2 Å². The third-order valence-corrected chi connectivity index (χ3v) is 2.58. The van der Waals surface area contributed by atoms with E-state index in [0.29, 0.717) is 4.84 Å². The van der Waals surface area contributed by atoms with Gasteiger partial charge in [-0.15, -0.1) is 0 Å². The molecule has 1 aromatic heterocycles. The minimum atomic E-state index is 0.401. The molecule has 1 N–H and O–H groups in total. The number of aromatic amines is 1. The summed E-state index contributed by atoms with van der Waals surface area (Å²) in [5.74, 6) is 0. The van der Waals surface area contributed by atoms with Crippen LogP contribution < -0.4 is 0 Å². The molecule has 0 spiro atoms. The molecule has 0 atom stereocenters. The Labute approximate surface area is 99.1 Å². The standard InChI is InChI=1S/C12H13NO2S/c1-14-7-6-9-2-4-10(5-3-9)11-8-15-12(16)13-11/h2-5,8H,6-7H2,1H3,(H,13,16). The van der Waals surface area contributed by atoms with Crippen LogP contribution in [0, 0.1) is 4.84 Å². The average molecular weight is 235 g/mol. The molecule has 0 fully saturated rings. The lowest BCUT2D eigenvalue weighted by atomic mass is 10.1. The van der Waals surface area contributed by atoms with E-state index in [1.165, 1.54) is 5.56 Å². The molecule has 16 heavy (non-hydrogen) atoms. The van der Waals surface area contributed by atoms with Gasteiger partial charge >= 0.3 is 0 Å². The maximum absolute atomic E-state index is 5.05. The van der Waals surface area contributed by atoms with Gasteiger partial charge < -0.3 is 14.1 Å². The zero-order chi connectivity index (χ0) is 11.4. The Kier molecular flexibility index (Phi) is 3.54. The molecule has 0 aliphatic carbocycles. The molecule has 0 saturated carbocycles. The molecule has 1 heterocycles. The smallest absolute Gasteiger partial charge is 0.266 e. The Hall–Kier alpha value is -1.39. The van der Waals surface area contributed by atoms with Crippen LogP contribution in [0.2, 0.25) is 0 Å². The normalized spacial score (nSPS) is 10.6. The second kappa shape index (κ2) is 5.09. The SMILES string of the molecule is COCCc1ccc(-c2coc(=S)[nH]2)cc1. The van der Waals surface area contributed by atoms with Crippen molar-refractivity contribution in [2.45, 2.75) is 6.42 Å².